The molecule has 0 aliphatic heterocycles. The minimum absolute atomic E-state index is 0.00941. The molecule has 2 aromatic carbocycles. The van der Waals surface area contributed by atoms with Gasteiger partial charge >= 0.3 is 5.97 Å². The van der Waals surface area contributed by atoms with Crippen LogP contribution in [0.25, 0.3) is 5.69 Å². The fourth-order valence-electron chi connectivity index (χ4n) is 4.64. The number of halogens is 1. The molecule has 5 rings (SSSR count). The number of nitrogens with zero attached hydrogens (tertiary/aromatic N) is 3. The summed E-state index contributed by atoms with van der Waals surface area (Å²) in [5.41, 5.74) is 3.12. The van der Waals surface area contributed by atoms with Gasteiger partial charge in [-0.3, -0.25) is 14.2 Å². The summed E-state index contributed by atoms with van der Waals surface area (Å²) in [6.45, 7) is 3.95. The van der Waals surface area contributed by atoms with E-state index in [1.807, 2.05) is 31.2 Å². The molecule has 4 aromatic rings. The van der Waals surface area contributed by atoms with Crippen LogP contribution in [0.3, 0.4) is 0 Å². The number of aryl methyl sites for hydroxylation is 2. The van der Waals surface area contributed by atoms with Gasteiger partial charge in [-0.1, -0.05) is 36.0 Å². The van der Waals surface area contributed by atoms with Crippen molar-refractivity contribution in [3.05, 3.63) is 87.3 Å². The first-order valence-electron chi connectivity index (χ1n) is 13.1. The number of nitrogens with one attached hydrogen (secondary N) is 2. The number of thioether (sulfide) groups is 1. The molecule has 9 nitrogen and oxygen atoms in total. The second-order valence-electron chi connectivity index (χ2n) is 9.35. The summed E-state index contributed by atoms with van der Waals surface area (Å²) in [6.07, 6.45) is 2.66. The normalized spacial score (nSPS) is 12.2. The second kappa shape index (κ2) is 12.6. The lowest BCUT2D eigenvalue weighted by molar-refractivity contribution is -0.113. The van der Waals surface area contributed by atoms with Gasteiger partial charge in [0.15, 0.2) is 11.0 Å². The van der Waals surface area contributed by atoms with Crippen LogP contribution in [-0.4, -0.2) is 44.9 Å². The zero-order chi connectivity index (χ0) is 28.9. The smallest absolute Gasteiger partial charge is 0.341 e. The van der Waals surface area contributed by atoms with E-state index in [1.165, 1.54) is 41.3 Å². The minimum atomic E-state index is -0.616. The molecular formula is C29H28FN5O4S2. The highest BCUT2D eigenvalue weighted by molar-refractivity contribution is 7.99. The van der Waals surface area contributed by atoms with Crippen LogP contribution in [0, 0.1) is 12.7 Å². The van der Waals surface area contributed by atoms with Gasteiger partial charge in [-0.25, -0.2) is 9.18 Å². The molecule has 2 amide bonds. The predicted molar refractivity (Wildman–Crippen MR) is 155 cm³/mol. The van der Waals surface area contributed by atoms with E-state index >= 15 is 0 Å². The molecule has 41 heavy (non-hydrogen) atoms. The fourth-order valence-corrected chi connectivity index (χ4v) is 6.70. The maximum absolute atomic E-state index is 14.1. The van der Waals surface area contributed by atoms with Crippen LogP contribution < -0.4 is 10.6 Å². The van der Waals surface area contributed by atoms with E-state index in [9.17, 15) is 18.8 Å². The summed E-state index contributed by atoms with van der Waals surface area (Å²) in [5, 5.41) is 15.1. The Kier molecular flexibility index (Phi) is 8.79. The van der Waals surface area contributed by atoms with Gasteiger partial charge in [0.1, 0.15) is 10.8 Å². The highest BCUT2D eigenvalue weighted by Crippen LogP contribution is 2.39. The molecule has 0 saturated carbocycles. The van der Waals surface area contributed by atoms with Crippen molar-refractivity contribution in [1.29, 1.82) is 0 Å². The third kappa shape index (κ3) is 6.33. The highest BCUT2D eigenvalue weighted by Gasteiger charge is 2.28. The molecule has 0 atom stereocenters. The Morgan fingerprint density at radius 3 is 2.73 bits per heavy atom. The van der Waals surface area contributed by atoms with Gasteiger partial charge in [-0.2, -0.15) is 0 Å². The van der Waals surface area contributed by atoms with Crippen molar-refractivity contribution in [2.45, 2.75) is 44.8 Å². The van der Waals surface area contributed by atoms with Crippen LogP contribution in [0.2, 0.25) is 0 Å². The highest BCUT2D eigenvalue weighted by atomic mass is 32.2. The molecule has 2 heterocycles. The Bertz CT molecular complexity index is 1620. The fraction of sp³-hybridized carbons (Fsp3) is 0.276. The first kappa shape index (κ1) is 28.5. The van der Waals surface area contributed by atoms with Gasteiger partial charge < -0.3 is 15.4 Å². The average molecular weight is 594 g/mol. The number of hydrogen-bond donors (Lipinski definition) is 2. The molecule has 0 fully saturated rings. The largest absolute Gasteiger partial charge is 0.462 e. The number of aromatic nitrogens is 3. The van der Waals surface area contributed by atoms with Crippen molar-refractivity contribution in [3.8, 4) is 5.69 Å². The molecule has 1 aliphatic rings. The van der Waals surface area contributed by atoms with Crippen molar-refractivity contribution >= 4 is 45.9 Å². The zero-order valence-electron chi connectivity index (χ0n) is 22.5. The molecule has 212 valence electrons. The minimum Gasteiger partial charge on any atom is -0.462 e. The van der Waals surface area contributed by atoms with Gasteiger partial charge in [0, 0.05) is 10.6 Å². The Hall–Kier alpha value is -4.03. The average Bonchev–Trinajstić information content (AvgIpc) is 3.65. The van der Waals surface area contributed by atoms with Gasteiger partial charge in [0.05, 0.1) is 30.0 Å². The Morgan fingerprint density at radius 1 is 1.12 bits per heavy atom. The number of rotatable bonds is 10. The first-order valence-corrected chi connectivity index (χ1v) is 14.9. The van der Waals surface area contributed by atoms with Crippen molar-refractivity contribution in [2.24, 2.45) is 0 Å². The zero-order valence-corrected chi connectivity index (χ0v) is 24.2. The first-order chi connectivity index (χ1) is 19.9. The number of hydrogen-bond acceptors (Lipinski definition) is 8. The van der Waals surface area contributed by atoms with Crippen molar-refractivity contribution in [3.63, 3.8) is 0 Å². The van der Waals surface area contributed by atoms with Gasteiger partial charge in [-0.05, 0) is 68.5 Å². The molecular weight excluding hydrogens is 565 g/mol. The molecule has 2 aromatic heterocycles. The molecule has 1 aliphatic carbocycles. The maximum atomic E-state index is 14.1. The van der Waals surface area contributed by atoms with Crippen molar-refractivity contribution < 1.29 is 23.5 Å². The summed E-state index contributed by atoms with van der Waals surface area (Å²) in [5.74, 6) is -1.48. The van der Waals surface area contributed by atoms with Crippen LogP contribution >= 0.6 is 23.1 Å². The van der Waals surface area contributed by atoms with E-state index in [2.05, 4.69) is 20.8 Å². The summed E-state index contributed by atoms with van der Waals surface area (Å²) < 4.78 is 21.1. The van der Waals surface area contributed by atoms with E-state index in [0.717, 1.165) is 41.0 Å². The summed E-state index contributed by atoms with van der Waals surface area (Å²) in [6, 6.07) is 13.4. The number of ether oxygens (including phenoxy) is 1. The molecule has 0 saturated heterocycles. The van der Waals surface area contributed by atoms with E-state index in [0.29, 0.717) is 21.5 Å². The van der Waals surface area contributed by atoms with E-state index in [4.69, 9.17) is 4.74 Å². The third-order valence-corrected chi connectivity index (χ3v) is 8.61. The number of carbonyl (C=O) groups excluding carboxylic acids is 3. The number of esters is 1. The van der Waals surface area contributed by atoms with Crippen molar-refractivity contribution in [1.82, 2.24) is 20.1 Å². The molecule has 12 heteroatoms. The molecule has 0 unspecified atom stereocenters. The third-order valence-electron chi connectivity index (χ3n) is 6.47. The molecule has 0 radical (unpaired) electrons. The van der Waals surface area contributed by atoms with Crippen molar-refractivity contribution in [2.75, 3.05) is 17.7 Å². The molecule has 0 bridgehead atoms. The van der Waals surface area contributed by atoms with Crippen LogP contribution in [0.4, 0.5) is 9.39 Å². The van der Waals surface area contributed by atoms with Crippen LogP contribution in [0.5, 0.6) is 0 Å². The number of fused-ring (bicyclic) bond motifs is 1. The monoisotopic (exact) mass is 593 g/mol. The summed E-state index contributed by atoms with van der Waals surface area (Å²) >= 11 is 2.60. The number of thiophene rings is 1. The maximum Gasteiger partial charge on any atom is 0.341 e. The van der Waals surface area contributed by atoms with Gasteiger partial charge in [0.25, 0.3) is 5.91 Å². The lowest BCUT2D eigenvalue weighted by atomic mass is 10.1. The number of anilines is 1. The van der Waals surface area contributed by atoms with Crippen LogP contribution in [-0.2, 0) is 28.9 Å². The number of benzene rings is 2. The second-order valence-corrected chi connectivity index (χ2v) is 11.4. The molecule has 2 N–H and O–H groups in total. The quantitative estimate of drug-likeness (QED) is 0.194. The summed E-state index contributed by atoms with van der Waals surface area (Å²) in [7, 11) is 0. The van der Waals surface area contributed by atoms with Gasteiger partial charge in [-0.15, -0.1) is 21.5 Å². The Balaban J connectivity index is 1.33. The number of amides is 2. The number of carbonyl (C=O) groups is 3. The molecule has 0 spiro atoms. The Morgan fingerprint density at radius 2 is 1.95 bits per heavy atom. The van der Waals surface area contributed by atoms with Gasteiger partial charge in [0.2, 0.25) is 5.91 Å². The van der Waals surface area contributed by atoms with E-state index < -0.39 is 17.7 Å². The van der Waals surface area contributed by atoms with Crippen LogP contribution in [0.1, 0.15) is 55.9 Å². The van der Waals surface area contributed by atoms with E-state index in [1.54, 1.807) is 17.6 Å². The SMILES string of the molecule is CCOC(=O)c1c(NC(=O)CSc2nnc(CNC(=O)c3ccccc3F)n2-c2cccc(C)c2)sc2c1CCC2. The lowest BCUT2D eigenvalue weighted by Crippen LogP contribution is -2.25. The topological polar surface area (TPSA) is 115 Å². The van der Waals surface area contributed by atoms with Crippen LogP contribution in [0.15, 0.2) is 53.7 Å². The standard InChI is InChI=1S/C29H28FN5O4S2/c1-3-39-28(38)25-20-11-7-13-22(20)41-27(25)32-24(36)16-40-29-34-33-23(35(29)18-9-6-8-17(2)14-18)15-31-26(37)19-10-4-5-12-21(19)30/h4-6,8-10,12,14H,3,7,11,13,15-16H2,1-2H3,(H,31,37)(H,32,36). The van der Waals surface area contributed by atoms with E-state index in [-0.39, 0.29) is 30.4 Å². The predicted octanol–water partition coefficient (Wildman–Crippen LogP) is 5.10. The summed E-state index contributed by atoms with van der Waals surface area (Å²) in [4.78, 5) is 39.4. The lowest BCUT2D eigenvalue weighted by Gasteiger charge is -2.12. The Labute approximate surface area is 244 Å².